The summed E-state index contributed by atoms with van der Waals surface area (Å²) in [6, 6.07) is 7.03. The van der Waals surface area contributed by atoms with Gasteiger partial charge in [0.05, 0.1) is 5.75 Å². The van der Waals surface area contributed by atoms with Gasteiger partial charge >= 0.3 is 11.3 Å². The largest absolute Gasteiger partial charge is 0.400 e. The summed E-state index contributed by atoms with van der Waals surface area (Å²) in [5.74, 6) is 0.169. The Labute approximate surface area is 131 Å². The fraction of sp³-hybridized carbons (Fsp3) is 0.167. The molecule has 0 atom stereocenters. The quantitative estimate of drug-likeness (QED) is 0.515. The monoisotopic (exact) mass is 344 g/mol. The second-order valence-electron chi connectivity index (χ2n) is 4.08. The average molecular weight is 345 g/mol. The van der Waals surface area contributed by atoms with Gasteiger partial charge in [-0.25, -0.2) is 0 Å². The summed E-state index contributed by atoms with van der Waals surface area (Å²) in [6.45, 7) is 0. The van der Waals surface area contributed by atoms with Crippen molar-refractivity contribution < 1.29 is 17.8 Å². The molecule has 0 aliphatic rings. The number of rotatable bonds is 5. The smallest absolute Gasteiger partial charge is 0.343 e. The molecule has 0 aliphatic carbocycles. The summed E-state index contributed by atoms with van der Waals surface area (Å²) >= 11 is 6.29. The molecule has 0 amide bonds. The van der Waals surface area contributed by atoms with Crippen molar-refractivity contribution in [2.24, 2.45) is 0 Å². The van der Waals surface area contributed by atoms with Crippen molar-refractivity contribution in [1.29, 1.82) is 0 Å². The molecule has 0 aliphatic heterocycles. The molecule has 0 fully saturated rings. The van der Waals surface area contributed by atoms with E-state index in [1.165, 1.54) is 18.2 Å². The van der Waals surface area contributed by atoms with E-state index in [0.717, 1.165) is 4.90 Å². The summed E-state index contributed by atoms with van der Waals surface area (Å²) in [5, 5.41) is 3.52. The minimum atomic E-state index is -3.68. The summed E-state index contributed by atoms with van der Waals surface area (Å²) in [5.41, 5.74) is 0.536. The molecule has 0 saturated heterocycles. The van der Waals surface area contributed by atoms with E-state index < -0.39 is 11.3 Å². The van der Waals surface area contributed by atoms with Crippen LogP contribution < -0.4 is 0 Å². The maximum atomic E-state index is 12.9. The van der Waals surface area contributed by atoms with E-state index in [9.17, 15) is 8.78 Å². The molecule has 0 unspecified atom stereocenters. The lowest BCUT2D eigenvalue weighted by molar-refractivity contribution is 0.0551. The number of alkyl halides is 3. The van der Waals surface area contributed by atoms with Crippen LogP contribution in [0.3, 0.4) is 0 Å². The minimum Gasteiger partial charge on any atom is -0.343 e. The van der Waals surface area contributed by atoms with Crippen LogP contribution in [-0.4, -0.2) is 20.3 Å². The second kappa shape index (κ2) is 6.01. The molecule has 1 aromatic carbocycles. The lowest BCUT2D eigenvalue weighted by atomic mass is 10.2. The zero-order chi connectivity index (χ0) is 15.6. The van der Waals surface area contributed by atoms with Crippen molar-refractivity contribution in [1.82, 2.24) is 20.3 Å². The van der Waals surface area contributed by atoms with E-state index in [-0.39, 0.29) is 5.82 Å². The zero-order valence-electron chi connectivity index (χ0n) is 10.7. The van der Waals surface area contributed by atoms with Gasteiger partial charge in [-0.2, -0.15) is 18.7 Å². The highest BCUT2D eigenvalue weighted by atomic mass is 35.5. The SMILES string of the molecule is FC(F)(Cl)c1nc(-c2cccc(SCc3ncon3)c2)no1. The zero-order valence-corrected chi connectivity index (χ0v) is 12.3. The first kappa shape index (κ1) is 14.9. The van der Waals surface area contributed by atoms with Crippen LogP contribution in [0, 0.1) is 0 Å². The highest BCUT2D eigenvalue weighted by molar-refractivity contribution is 7.98. The standard InChI is InChI=1S/C12H7ClF2N4O2S/c13-12(14,15)11-17-10(19-21-11)7-2-1-3-8(4-7)22-5-9-16-6-20-18-9/h1-4,6H,5H2. The molecular weight excluding hydrogens is 338 g/mol. The number of halogens is 3. The molecule has 3 aromatic rings. The number of aromatic nitrogens is 4. The molecule has 0 spiro atoms. The number of benzene rings is 1. The molecule has 2 heterocycles. The lowest BCUT2D eigenvalue weighted by Gasteiger charge is -2.01. The minimum absolute atomic E-state index is 0.0392. The maximum Gasteiger partial charge on any atom is 0.400 e. The Hall–Kier alpha value is -2.00. The Bertz CT molecular complexity index is 761. The first-order chi connectivity index (χ1) is 10.5. The van der Waals surface area contributed by atoms with Crippen LogP contribution in [0.2, 0.25) is 0 Å². The van der Waals surface area contributed by atoms with Crippen molar-refractivity contribution in [3.8, 4) is 11.4 Å². The van der Waals surface area contributed by atoms with Gasteiger partial charge in [-0.15, -0.1) is 11.8 Å². The molecule has 3 rings (SSSR count). The molecule has 22 heavy (non-hydrogen) atoms. The number of thioether (sulfide) groups is 1. The van der Waals surface area contributed by atoms with Crippen LogP contribution in [0.25, 0.3) is 11.4 Å². The lowest BCUT2D eigenvalue weighted by Crippen LogP contribution is -2.03. The summed E-state index contributed by atoms with van der Waals surface area (Å²) in [7, 11) is 0. The van der Waals surface area contributed by atoms with Gasteiger partial charge in [-0.05, 0) is 23.7 Å². The predicted octanol–water partition coefficient (Wildman–Crippen LogP) is 3.70. The molecule has 6 nitrogen and oxygen atoms in total. The van der Waals surface area contributed by atoms with Gasteiger partial charge in [0.25, 0.3) is 0 Å². The Morgan fingerprint density at radius 3 is 2.82 bits per heavy atom. The summed E-state index contributed by atoms with van der Waals surface area (Å²) in [6.07, 6.45) is 1.25. The fourth-order valence-electron chi connectivity index (χ4n) is 1.58. The van der Waals surface area contributed by atoms with Gasteiger partial charge in [0, 0.05) is 10.5 Å². The Morgan fingerprint density at radius 1 is 1.27 bits per heavy atom. The van der Waals surface area contributed by atoms with Crippen LogP contribution in [0.4, 0.5) is 8.78 Å². The number of nitrogens with zero attached hydrogens (tertiary/aromatic N) is 4. The summed E-state index contributed by atoms with van der Waals surface area (Å²) < 4.78 is 34.9. The van der Waals surface area contributed by atoms with E-state index in [2.05, 4.69) is 29.3 Å². The number of hydrogen-bond donors (Lipinski definition) is 0. The first-order valence-electron chi connectivity index (χ1n) is 5.92. The van der Waals surface area contributed by atoms with Crippen molar-refractivity contribution in [2.75, 3.05) is 0 Å². The topological polar surface area (TPSA) is 77.8 Å². The van der Waals surface area contributed by atoms with Crippen LogP contribution in [0.15, 0.2) is 44.6 Å². The molecule has 0 radical (unpaired) electrons. The van der Waals surface area contributed by atoms with Crippen LogP contribution in [-0.2, 0) is 11.1 Å². The van der Waals surface area contributed by atoms with E-state index >= 15 is 0 Å². The van der Waals surface area contributed by atoms with Gasteiger partial charge < -0.3 is 9.05 Å². The van der Waals surface area contributed by atoms with Crippen molar-refractivity contribution in [2.45, 2.75) is 16.0 Å². The van der Waals surface area contributed by atoms with E-state index in [0.29, 0.717) is 17.1 Å². The molecule has 0 saturated carbocycles. The summed E-state index contributed by atoms with van der Waals surface area (Å²) in [4.78, 5) is 8.37. The molecule has 0 N–H and O–H groups in total. The fourth-order valence-corrected chi connectivity index (χ4v) is 2.47. The van der Waals surface area contributed by atoms with Gasteiger partial charge in [0.2, 0.25) is 12.2 Å². The van der Waals surface area contributed by atoms with E-state index in [1.54, 1.807) is 18.2 Å². The van der Waals surface area contributed by atoms with Crippen LogP contribution in [0.5, 0.6) is 0 Å². The third kappa shape index (κ3) is 3.42. The van der Waals surface area contributed by atoms with Gasteiger partial charge in [0.15, 0.2) is 5.82 Å². The number of hydrogen-bond acceptors (Lipinski definition) is 7. The second-order valence-corrected chi connectivity index (χ2v) is 5.61. The van der Waals surface area contributed by atoms with E-state index in [1.807, 2.05) is 6.07 Å². The Morgan fingerprint density at radius 2 is 2.14 bits per heavy atom. The average Bonchev–Trinajstić information content (AvgIpc) is 3.16. The Balaban J connectivity index is 1.77. The molecular formula is C12H7ClF2N4O2S. The van der Waals surface area contributed by atoms with Crippen molar-refractivity contribution in [3.05, 3.63) is 42.4 Å². The predicted molar refractivity (Wildman–Crippen MR) is 73.3 cm³/mol. The highest BCUT2D eigenvalue weighted by Crippen LogP contribution is 2.32. The maximum absolute atomic E-state index is 12.9. The first-order valence-corrected chi connectivity index (χ1v) is 7.28. The molecule has 114 valence electrons. The third-order valence-electron chi connectivity index (χ3n) is 2.54. The van der Waals surface area contributed by atoms with Crippen LogP contribution in [0.1, 0.15) is 11.7 Å². The third-order valence-corrected chi connectivity index (χ3v) is 3.69. The van der Waals surface area contributed by atoms with Gasteiger partial charge in [-0.1, -0.05) is 22.4 Å². The molecule has 0 bridgehead atoms. The Kier molecular flexibility index (Phi) is 4.08. The van der Waals surface area contributed by atoms with Crippen molar-refractivity contribution >= 4 is 23.4 Å². The van der Waals surface area contributed by atoms with Crippen LogP contribution >= 0.6 is 23.4 Å². The van der Waals surface area contributed by atoms with Crippen molar-refractivity contribution in [3.63, 3.8) is 0 Å². The van der Waals surface area contributed by atoms with E-state index in [4.69, 9.17) is 11.6 Å². The highest BCUT2D eigenvalue weighted by Gasteiger charge is 2.35. The normalized spacial score (nSPS) is 11.8. The molecule has 2 aromatic heterocycles. The van der Waals surface area contributed by atoms with Gasteiger partial charge in [-0.3, -0.25) is 0 Å². The molecule has 10 heteroatoms. The van der Waals surface area contributed by atoms with Gasteiger partial charge in [0.1, 0.15) is 0 Å².